The monoisotopic (exact) mass is 253 g/mol. The van der Waals surface area contributed by atoms with E-state index in [2.05, 4.69) is 0 Å². The lowest BCUT2D eigenvalue weighted by Crippen LogP contribution is -2.22. The molecule has 0 aliphatic heterocycles. The first-order chi connectivity index (χ1) is 8.72. The highest BCUT2D eigenvalue weighted by Gasteiger charge is 2.32. The van der Waals surface area contributed by atoms with Crippen molar-refractivity contribution < 1.29 is 8.78 Å². The van der Waals surface area contributed by atoms with Crippen molar-refractivity contribution in [2.75, 3.05) is 0 Å². The highest BCUT2D eigenvalue weighted by Crippen LogP contribution is 2.39. The maximum atomic E-state index is 13.4. The molecular formula is C15H21F2N. The Morgan fingerprint density at radius 1 is 1.17 bits per heavy atom. The number of nitrogens with two attached hydrogens (primary N) is 1. The van der Waals surface area contributed by atoms with E-state index in [0.29, 0.717) is 6.54 Å². The molecule has 1 aliphatic carbocycles. The van der Waals surface area contributed by atoms with Gasteiger partial charge in [0.25, 0.3) is 0 Å². The molecule has 0 saturated heterocycles. The predicted molar refractivity (Wildman–Crippen MR) is 69.7 cm³/mol. The average molecular weight is 253 g/mol. The van der Waals surface area contributed by atoms with Gasteiger partial charge in [0.05, 0.1) is 0 Å². The minimum Gasteiger partial charge on any atom is -0.326 e. The zero-order valence-corrected chi connectivity index (χ0v) is 10.6. The van der Waals surface area contributed by atoms with Crippen molar-refractivity contribution in [2.24, 2.45) is 11.7 Å². The van der Waals surface area contributed by atoms with E-state index in [1.54, 1.807) is 0 Å². The van der Waals surface area contributed by atoms with Gasteiger partial charge >= 0.3 is 0 Å². The average Bonchev–Trinajstić information content (AvgIpc) is 2.40. The van der Waals surface area contributed by atoms with Crippen LogP contribution in [0.5, 0.6) is 0 Å². The molecule has 0 bridgehead atoms. The van der Waals surface area contributed by atoms with Crippen molar-refractivity contribution in [2.45, 2.75) is 51.0 Å². The summed E-state index contributed by atoms with van der Waals surface area (Å²) < 4.78 is 26.7. The Morgan fingerprint density at radius 3 is 2.50 bits per heavy atom. The summed E-state index contributed by atoms with van der Waals surface area (Å²) in [6.07, 6.45) is 2.95. The second kappa shape index (κ2) is 6.28. The molecule has 0 amide bonds. The van der Waals surface area contributed by atoms with Crippen molar-refractivity contribution in [1.29, 1.82) is 0 Å². The third-order valence-electron chi connectivity index (χ3n) is 4.00. The zero-order chi connectivity index (χ0) is 13.0. The molecule has 1 atom stereocenters. The lowest BCUT2D eigenvalue weighted by atomic mass is 9.77. The first-order valence-electron chi connectivity index (χ1n) is 6.79. The van der Waals surface area contributed by atoms with Crippen LogP contribution < -0.4 is 5.73 Å². The third-order valence-corrected chi connectivity index (χ3v) is 4.00. The van der Waals surface area contributed by atoms with Crippen molar-refractivity contribution >= 4 is 0 Å². The van der Waals surface area contributed by atoms with E-state index < -0.39 is 12.3 Å². The van der Waals surface area contributed by atoms with Gasteiger partial charge in [-0.2, -0.15) is 0 Å². The van der Waals surface area contributed by atoms with Crippen LogP contribution >= 0.6 is 0 Å². The Bertz CT molecular complexity index is 373. The van der Waals surface area contributed by atoms with Crippen LogP contribution in [0, 0.1) is 5.92 Å². The van der Waals surface area contributed by atoms with Gasteiger partial charge in [-0.15, -0.1) is 0 Å². The predicted octanol–water partition coefficient (Wildman–Crippen LogP) is 4.07. The van der Waals surface area contributed by atoms with Crippen LogP contribution in [-0.2, 0) is 6.54 Å². The summed E-state index contributed by atoms with van der Waals surface area (Å²) in [5.74, 6) is -0.483. The second-order valence-corrected chi connectivity index (χ2v) is 5.21. The summed E-state index contributed by atoms with van der Waals surface area (Å²) in [5, 5.41) is 0. The van der Waals surface area contributed by atoms with E-state index in [1.165, 1.54) is 6.42 Å². The number of alkyl halides is 2. The van der Waals surface area contributed by atoms with Crippen LogP contribution in [0.4, 0.5) is 8.78 Å². The van der Waals surface area contributed by atoms with Gasteiger partial charge in [0.2, 0.25) is 6.43 Å². The SMILES string of the molecule is NCc1cccc(C(C(F)F)C2CCCCC2)c1. The molecule has 1 aromatic rings. The van der Waals surface area contributed by atoms with E-state index in [-0.39, 0.29) is 5.92 Å². The maximum absolute atomic E-state index is 13.4. The van der Waals surface area contributed by atoms with E-state index in [9.17, 15) is 8.78 Å². The standard InChI is InChI=1S/C15H21F2N/c16-15(17)14(12-6-2-1-3-7-12)13-8-4-5-11(9-13)10-18/h4-5,8-9,12,14-15H,1-3,6-7,10,18H2. The third kappa shape index (κ3) is 3.08. The summed E-state index contributed by atoms with van der Waals surface area (Å²) in [6, 6.07) is 7.42. The Balaban J connectivity index is 2.22. The highest BCUT2D eigenvalue weighted by molar-refractivity contribution is 5.27. The summed E-state index contributed by atoms with van der Waals surface area (Å²) in [7, 11) is 0. The van der Waals surface area contributed by atoms with Crippen LogP contribution in [0.2, 0.25) is 0 Å². The van der Waals surface area contributed by atoms with Gasteiger partial charge in [-0.05, 0) is 29.9 Å². The minimum absolute atomic E-state index is 0.131. The number of rotatable bonds is 4. The molecule has 2 N–H and O–H groups in total. The molecule has 0 aromatic heterocycles. The molecule has 100 valence electrons. The van der Waals surface area contributed by atoms with Crippen molar-refractivity contribution in [3.05, 3.63) is 35.4 Å². The molecule has 1 aromatic carbocycles. The van der Waals surface area contributed by atoms with Crippen LogP contribution in [-0.4, -0.2) is 6.43 Å². The summed E-state index contributed by atoms with van der Waals surface area (Å²) >= 11 is 0. The van der Waals surface area contributed by atoms with E-state index in [0.717, 1.165) is 36.8 Å². The first kappa shape index (κ1) is 13.5. The van der Waals surface area contributed by atoms with Crippen LogP contribution in [0.3, 0.4) is 0 Å². The van der Waals surface area contributed by atoms with Gasteiger partial charge in [0.1, 0.15) is 0 Å². The van der Waals surface area contributed by atoms with Crippen LogP contribution in [0.25, 0.3) is 0 Å². The smallest absolute Gasteiger partial charge is 0.245 e. The van der Waals surface area contributed by atoms with Crippen molar-refractivity contribution in [3.8, 4) is 0 Å². The van der Waals surface area contributed by atoms with Gasteiger partial charge in [0, 0.05) is 12.5 Å². The Kier molecular flexibility index (Phi) is 4.70. The van der Waals surface area contributed by atoms with E-state index in [4.69, 9.17) is 5.73 Å². The molecule has 3 heteroatoms. The molecule has 0 spiro atoms. The lowest BCUT2D eigenvalue weighted by Gasteiger charge is -2.30. The molecule has 2 rings (SSSR count). The largest absolute Gasteiger partial charge is 0.326 e. The fourth-order valence-electron chi connectivity index (χ4n) is 3.04. The molecule has 0 heterocycles. The minimum atomic E-state index is -2.28. The van der Waals surface area contributed by atoms with Gasteiger partial charge in [-0.25, -0.2) is 8.78 Å². The zero-order valence-electron chi connectivity index (χ0n) is 10.6. The Morgan fingerprint density at radius 2 is 1.89 bits per heavy atom. The Labute approximate surface area is 107 Å². The second-order valence-electron chi connectivity index (χ2n) is 5.21. The molecule has 1 nitrogen and oxygen atoms in total. The fourth-order valence-corrected chi connectivity index (χ4v) is 3.04. The van der Waals surface area contributed by atoms with Crippen molar-refractivity contribution in [3.63, 3.8) is 0 Å². The summed E-state index contributed by atoms with van der Waals surface area (Å²) in [5.41, 5.74) is 7.29. The fraction of sp³-hybridized carbons (Fsp3) is 0.600. The summed E-state index contributed by atoms with van der Waals surface area (Å²) in [4.78, 5) is 0. The molecule has 0 radical (unpaired) electrons. The maximum Gasteiger partial charge on any atom is 0.245 e. The normalized spacial score (nSPS) is 19.1. The van der Waals surface area contributed by atoms with E-state index >= 15 is 0 Å². The molecule has 18 heavy (non-hydrogen) atoms. The van der Waals surface area contributed by atoms with Gasteiger partial charge < -0.3 is 5.73 Å². The van der Waals surface area contributed by atoms with E-state index in [1.807, 2.05) is 24.3 Å². The molecular weight excluding hydrogens is 232 g/mol. The highest BCUT2D eigenvalue weighted by atomic mass is 19.3. The Hall–Kier alpha value is -0.960. The van der Waals surface area contributed by atoms with Crippen molar-refractivity contribution in [1.82, 2.24) is 0 Å². The number of benzene rings is 1. The van der Waals surface area contributed by atoms with Gasteiger partial charge in [0.15, 0.2) is 0 Å². The number of hydrogen-bond donors (Lipinski definition) is 1. The molecule has 1 unspecified atom stereocenters. The number of hydrogen-bond acceptors (Lipinski definition) is 1. The first-order valence-corrected chi connectivity index (χ1v) is 6.79. The number of halogens is 2. The topological polar surface area (TPSA) is 26.0 Å². The quantitative estimate of drug-likeness (QED) is 0.859. The summed E-state index contributed by atoms with van der Waals surface area (Å²) in [6.45, 7) is 0.411. The van der Waals surface area contributed by atoms with Crippen LogP contribution in [0.15, 0.2) is 24.3 Å². The lowest BCUT2D eigenvalue weighted by molar-refractivity contribution is 0.0742. The van der Waals surface area contributed by atoms with Gasteiger partial charge in [-0.3, -0.25) is 0 Å². The molecule has 1 fully saturated rings. The molecule has 1 saturated carbocycles. The van der Waals surface area contributed by atoms with Crippen LogP contribution in [0.1, 0.15) is 49.1 Å². The molecule has 1 aliphatic rings. The van der Waals surface area contributed by atoms with Gasteiger partial charge in [-0.1, -0.05) is 43.5 Å².